The van der Waals surface area contributed by atoms with Crippen LogP contribution in [0.25, 0.3) is 0 Å². The van der Waals surface area contributed by atoms with Crippen LogP contribution in [0.2, 0.25) is 0 Å². The number of hydrogen-bond donors (Lipinski definition) is 2. The number of unbranched alkanes of at least 4 members (excludes halogenated alkanes) is 1. The minimum atomic E-state index is -4.06. The molecule has 0 amide bonds. The van der Waals surface area contributed by atoms with Crippen LogP contribution in [0.1, 0.15) is 52.9 Å². The number of hydrogen-bond acceptors (Lipinski definition) is 2. The molecule has 0 saturated heterocycles. The lowest BCUT2D eigenvalue weighted by molar-refractivity contribution is -0.135. The molecular weight excluding hydrogens is 432 g/mol. The highest BCUT2D eigenvalue weighted by atomic mass is 127. The van der Waals surface area contributed by atoms with Crippen molar-refractivity contribution < 1.29 is 13.2 Å². The lowest BCUT2D eigenvalue weighted by Crippen LogP contribution is -2.42. The third kappa shape index (κ3) is 15.3. The minimum absolute atomic E-state index is 0. The van der Waals surface area contributed by atoms with Crippen molar-refractivity contribution >= 4 is 29.9 Å². The zero-order chi connectivity index (χ0) is 17.7. The van der Waals surface area contributed by atoms with Gasteiger partial charge in [-0.3, -0.25) is 4.99 Å². The summed E-state index contributed by atoms with van der Waals surface area (Å²) in [5, 5.41) is 6.35. The van der Waals surface area contributed by atoms with Crippen molar-refractivity contribution in [2.24, 2.45) is 4.99 Å². The standard InChI is InChI=1S/C16H33F3N4.HI/c1-5-23(6-2)13-9-10-14(3)22-15(20-4)21-12-8-7-11-16(17,18)19;/h14H,5-13H2,1-4H3,(H2,20,21,22);1H. The fourth-order valence-electron chi connectivity index (χ4n) is 2.32. The van der Waals surface area contributed by atoms with Crippen LogP contribution in [-0.4, -0.2) is 56.3 Å². The summed E-state index contributed by atoms with van der Waals surface area (Å²) < 4.78 is 36.1. The topological polar surface area (TPSA) is 39.7 Å². The maximum atomic E-state index is 12.0. The molecular formula is C16H34F3IN4. The van der Waals surface area contributed by atoms with E-state index in [4.69, 9.17) is 0 Å². The summed E-state index contributed by atoms with van der Waals surface area (Å²) in [4.78, 5) is 6.50. The van der Waals surface area contributed by atoms with Gasteiger partial charge in [0.15, 0.2) is 5.96 Å². The molecule has 0 aliphatic carbocycles. The maximum Gasteiger partial charge on any atom is 0.389 e. The van der Waals surface area contributed by atoms with Gasteiger partial charge in [-0.25, -0.2) is 0 Å². The number of aliphatic imine (C=N–C) groups is 1. The van der Waals surface area contributed by atoms with E-state index in [-0.39, 0.29) is 36.4 Å². The zero-order valence-corrected chi connectivity index (χ0v) is 17.7. The Hall–Kier alpha value is -0.250. The van der Waals surface area contributed by atoms with E-state index < -0.39 is 12.6 Å². The lowest BCUT2D eigenvalue weighted by atomic mass is 10.2. The second-order valence-electron chi connectivity index (χ2n) is 5.79. The van der Waals surface area contributed by atoms with E-state index in [0.717, 1.165) is 32.5 Å². The first-order valence-corrected chi connectivity index (χ1v) is 8.58. The van der Waals surface area contributed by atoms with Crippen LogP contribution in [0.5, 0.6) is 0 Å². The van der Waals surface area contributed by atoms with Gasteiger partial charge in [-0.2, -0.15) is 13.2 Å². The molecule has 2 N–H and O–H groups in total. The highest BCUT2D eigenvalue weighted by Crippen LogP contribution is 2.21. The van der Waals surface area contributed by atoms with Crippen molar-refractivity contribution in [3.8, 4) is 0 Å². The van der Waals surface area contributed by atoms with Gasteiger partial charge in [-0.05, 0) is 52.2 Å². The number of rotatable bonds is 11. The smallest absolute Gasteiger partial charge is 0.356 e. The van der Waals surface area contributed by atoms with E-state index in [0.29, 0.717) is 18.9 Å². The van der Waals surface area contributed by atoms with Crippen LogP contribution < -0.4 is 10.6 Å². The third-order valence-electron chi connectivity index (χ3n) is 3.79. The summed E-state index contributed by atoms with van der Waals surface area (Å²) in [6.07, 6.45) is -2.01. The van der Waals surface area contributed by atoms with Gasteiger partial charge in [0.05, 0.1) is 0 Å². The SMILES string of the molecule is CCN(CC)CCCC(C)NC(=NC)NCCCCC(F)(F)F.I. The Kier molecular flexibility index (Phi) is 16.3. The average molecular weight is 466 g/mol. The van der Waals surface area contributed by atoms with Crippen molar-refractivity contribution in [3.63, 3.8) is 0 Å². The molecule has 0 aliphatic heterocycles. The third-order valence-corrected chi connectivity index (χ3v) is 3.79. The molecule has 0 aromatic carbocycles. The van der Waals surface area contributed by atoms with Crippen LogP contribution in [0.15, 0.2) is 4.99 Å². The minimum Gasteiger partial charge on any atom is -0.356 e. The van der Waals surface area contributed by atoms with Crippen LogP contribution in [0.3, 0.4) is 0 Å². The predicted molar refractivity (Wildman–Crippen MR) is 106 cm³/mol. The molecule has 4 nitrogen and oxygen atoms in total. The second kappa shape index (κ2) is 15.0. The van der Waals surface area contributed by atoms with Gasteiger partial charge in [0.25, 0.3) is 0 Å². The summed E-state index contributed by atoms with van der Waals surface area (Å²) in [5.41, 5.74) is 0. The zero-order valence-electron chi connectivity index (χ0n) is 15.4. The number of alkyl halides is 3. The Labute approximate surface area is 162 Å². The molecule has 0 saturated carbocycles. The van der Waals surface area contributed by atoms with Gasteiger partial charge >= 0.3 is 6.18 Å². The van der Waals surface area contributed by atoms with Gasteiger partial charge in [0, 0.05) is 26.1 Å². The number of nitrogens with one attached hydrogen (secondary N) is 2. The van der Waals surface area contributed by atoms with Crippen LogP contribution in [0.4, 0.5) is 13.2 Å². The average Bonchev–Trinajstić information content (AvgIpc) is 2.49. The summed E-state index contributed by atoms with van der Waals surface area (Å²) in [6, 6.07) is 0.284. The van der Waals surface area contributed by atoms with E-state index in [2.05, 4.69) is 41.3 Å². The fourth-order valence-corrected chi connectivity index (χ4v) is 2.32. The summed E-state index contributed by atoms with van der Waals surface area (Å²) in [7, 11) is 1.67. The van der Waals surface area contributed by atoms with Gasteiger partial charge in [-0.1, -0.05) is 13.8 Å². The van der Waals surface area contributed by atoms with Crippen molar-refractivity contribution in [1.29, 1.82) is 0 Å². The molecule has 0 spiro atoms. The molecule has 1 unspecified atom stereocenters. The Balaban J connectivity index is 0. The molecule has 0 heterocycles. The summed E-state index contributed by atoms with van der Waals surface area (Å²) in [6.45, 7) is 10.1. The predicted octanol–water partition coefficient (Wildman–Crippen LogP) is 4.01. The Morgan fingerprint density at radius 2 is 1.75 bits per heavy atom. The van der Waals surface area contributed by atoms with Gasteiger partial charge in [0.1, 0.15) is 0 Å². The molecule has 0 fully saturated rings. The van der Waals surface area contributed by atoms with E-state index in [1.807, 2.05) is 0 Å². The first kappa shape index (κ1) is 26.0. The molecule has 0 bridgehead atoms. The Bertz CT molecular complexity index is 321. The molecule has 0 aliphatic rings. The van der Waals surface area contributed by atoms with Crippen LogP contribution in [-0.2, 0) is 0 Å². The maximum absolute atomic E-state index is 12.0. The van der Waals surface area contributed by atoms with E-state index >= 15 is 0 Å². The highest BCUT2D eigenvalue weighted by molar-refractivity contribution is 14.0. The molecule has 0 radical (unpaired) electrons. The Morgan fingerprint density at radius 3 is 2.25 bits per heavy atom. The van der Waals surface area contributed by atoms with Gasteiger partial charge in [0.2, 0.25) is 0 Å². The quantitative estimate of drug-likeness (QED) is 0.209. The monoisotopic (exact) mass is 466 g/mol. The normalized spacial score (nSPS) is 13.6. The van der Waals surface area contributed by atoms with Crippen LogP contribution in [0, 0.1) is 0 Å². The fraction of sp³-hybridized carbons (Fsp3) is 0.938. The van der Waals surface area contributed by atoms with Gasteiger partial charge in [-0.15, -0.1) is 24.0 Å². The first-order chi connectivity index (χ1) is 10.8. The molecule has 0 rings (SSSR count). The second-order valence-corrected chi connectivity index (χ2v) is 5.79. The molecule has 24 heavy (non-hydrogen) atoms. The largest absolute Gasteiger partial charge is 0.389 e. The molecule has 1 atom stereocenters. The lowest BCUT2D eigenvalue weighted by Gasteiger charge is -2.21. The molecule has 146 valence electrons. The van der Waals surface area contributed by atoms with E-state index in [9.17, 15) is 13.2 Å². The highest BCUT2D eigenvalue weighted by Gasteiger charge is 2.25. The Morgan fingerprint density at radius 1 is 1.12 bits per heavy atom. The van der Waals surface area contributed by atoms with Crippen molar-refractivity contribution in [2.45, 2.75) is 65.1 Å². The first-order valence-electron chi connectivity index (χ1n) is 8.58. The molecule has 8 heteroatoms. The van der Waals surface area contributed by atoms with Crippen molar-refractivity contribution in [1.82, 2.24) is 15.5 Å². The number of guanidine groups is 1. The van der Waals surface area contributed by atoms with Gasteiger partial charge < -0.3 is 15.5 Å². The van der Waals surface area contributed by atoms with Crippen molar-refractivity contribution in [2.75, 3.05) is 33.2 Å². The summed E-state index contributed by atoms with van der Waals surface area (Å²) in [5.74, 6) is 0.660. The number of halogens is 4. The summed E-state index contributed by atoms with van der Waals surface area (Å²) >= 11 is 0. The van der Waals surface area contributed by atoms with Crippen LogP contribution >= 0.6 is 24.0 Å². The molecule has 0 aromatic rings. The molecule has 0 aromatic heterocycles. The van der Waals surface area contributed by atoms with E-state index in [1.54, 1.807) is 7.05 Å². The van der Waals surface area contributed by atoms with E-state index in [1.165, 1.54) is 0 Å². The number of nitrogens with zero attached hydrogens (tertiary/aromatic N) is 2. The van der Waals surface area contributed by atoms with Crippen molar-refractivity contribution in [3.05, 3.63) is 0 Å².